The van der Waals surface area contributed by atoms with Gasteiger partial charge in [-0.3, -0.25) is 14.9 Å². The predicted octanol–water partition coefficient (Wildman–Crippen LogP) is 1.47. The van der Waals surface area contributed by atoms with E-state index in [2.05, 4.69) is 5.32 Å². The molecule has 3 atom stereocenters. The van der Waals surface area contributed by atoms with E-state index in [1.54, 1.807) is 4.90 Å². The van der Waals surface area contributed by atoms with Gasteiger partial charge in [0.25, 0.3) is 5.69 Å². The van der Waals surface area contributed by atoms with Crippen LogP contribution >= 0.6 is 11.8 Å². The van der Waals surface area contributed by atoms with Crippen molar-refractivity contribution in [1.29, 1.82) is 0 Å². The van der Waals surface area contributed by atoms with E-state index < -0.39 is 23.0 Å². The smallest absolute Gasteiger partial charge is 0.406 e. The molecule has 0 spiro atoms. The molecule has 2 heterocycles. The molecule has 1 unspecified atom stereocenters. The van der Waals surface area contributed by atoms with E-state index in [0.29, 0.717) is 24.2 Å². The second-order valence-electron chi connectivity index (χ2n) is 6.67. The third kappa shape index (κ3) is 4.78. The molecule has 2 saturated heterocycles. The van der Waals surface area contributed by atoms with Gasteiger partial charge < -0.3 is 19.7 Å². The summed E-state index contributed by atoms with van der Waals surface area (Å²) in [5.74, 6) is -0.0699. The molecule has 29 heavy (non-hydrogen) atoms. The number of non-ortho nitro benzene ring substituents is 1. The van der Waals surface area contributed by atoms with Gasteiger partial charge in [-0.1, -0.05) is 0 Å². The number of benzene rings is 1. The molecule has 0 bridgehead atoms. The predicted molar refractivity (Wildman–Crippen MR) is 103 cm³/mol. The van der Waals surface area contributed by atoms with Gasteiger partial charge in [0, 0.05) is 42.6 Å². The first-order valence-corrected chi connectivity index (χ1v) is 10.1. The van der Waals surface area contributed by atoms with Crippen LogP contribution in [0.3, 0.4) is 0 Å². The topological polar surface area (TPSA) is 128 Å². The van der Waals surface area contributed by atoms with Crippen LogP contribution in [0.15, 0.2) is 24.3 Å². The Kier molecular flexibility index (Phi) is 6.57. The summed E-state index contributed by atoms with van der Waals surface area (Å²) >= 11 is 1.47. The second kappa shape index (κ2) is 9.12. The van der Waals surface area contributed by atoms with E-state index in [-0.39, 0.29) is 36.1 Å². The Bertz CT molecular complexity index is 801. The molecule has 1 N–H and O–H groups in total. The number of alkyl carbamates (subject to hydrolysis) is 1. The van der Waals surface area contributed by atoms with Crippen molar-refractivity contribution in [3.8, 4) is 0 Å². The van der Waals surface area contributed by atoms with Crippen molar-refractivity contribution in [2.24, 2.45) is 0 Å². The average Bonchev–Trinajstić information content (AvgIpc) is 3.01. The van der Waals surface area contributed by atoms with Crippen LogP contribution in [0.25, 0.3) is 0 Å². The minimum atomic E-state index is -0.677. The van der Waals surface area contributed by atoms with E-state index in [1.807, 2.05) is 0 Å². The number of thioether (sulfide) groups is 1. The van der Waals surface area contributed by atoms with Crippen LogP contribution in [-0.2, 0) is 25.7 Å². The number of carbonyl (C=O) groups excluding carboxylic acids is 3. The van der Waals surface area contributed by atoms with Crippen molar-refractivity contribution < 1.29 is 28.8 Å². The lowest BCUT2D eigenvalue weighted by atomic mass is 10.0. The number of hydrogen-bond donors (Lipinski definition) is 1. The molecule has 0 aliphatic carbocycles. The van der Waals surface area contributed by atoms with Gasteiger partial charge in [0.1, 0.15) is 19.3 Å². The van der Waals surface area contributed by atoms with Gasteiger partial charge in [-0.25, -0.2) is 9.59 Å². The highest BCUT2D eigenvalue weighted by Crippen LogP contribution is 2.41. The van der Waals surface area contributed by atoms with Crippen LogP contribution in [0, 0.1) is 10.1 Å². The monoisotopic (exact) mass is 423 g/mol. The number of nitrogens with zero attached hydrogens (tertiary/aromatic N) is 2. The van der Waals surface area contributed by atoms with Gasteiger partial charge in [0.15, 0.2) is 0 Å². The zero-order chi connectivity index (χ0) is 21.0. The number of carbonyl (C=O) groups is 3. The van der Waals surface area contributed by atoms with Crippen LogP contribution in [0.5, 0.6) is 0 Å². The van der Waals surface area contributed by atoms with E-state index >= 15 is 0 Å². The number of amides is 2. The standard InChI is InChI=1S/C18H21N3O7S/c1-19-18(24)27-6-7-29-14-8-13-9-15(22)20(13)16(14)17(23)28-10-11-2-4-12(5-3-11)21(25)26/h2-5,13-14,16H,6-10H2,1H3,(H,19,24)/t13?,14-,16-/m1/s1. The van der Waals surface area contributed by atoms with E-state index in [0.717, 1.165) is 0 Å². The van der Waals surface area contributed by atoms with Crippen molar-refractivity contribution in [3.05, 3.63) is 39.9 Å². The fourth-order valence-corrected chi connectivity index (χ4v) is 4.70. The van der Waals surface area contributed by atoms with Crippen LogP contribution in [0.2, 0.25) is 0 Å². The Balaban J connectivity index is 1.55. The molecule has 10 nitrogen and oxygen atoms in total. The van der Waals surface area contributed by atoms with Crippen molar-refractivity contribution >= 4 is 35.4 Å². The lowest BCUT2D eigenvalue weighted by molar-refractivity contribution is -0.384. The molecule has 0 aromatic heterocycles. The van der Waals surface area contributed by atoms with E-state index in [9.17, 15) is 24.5 Å². The summed E-state index contributed by atoms with van der Waals surface area (Å²) in [4.78, 5) is 47.6. The summed E-state index contributed by atoms with van der Waals surface area (Å²) in [6, 6.07) is 5.11. The Labute approximate surface area is 171 Å². The maximum Gasteiger partial charge on any atom is 0.406 e. The maximum absolute atomic E-state index is 12.7. The molecular formula is C18H21N3O7S. The number of nitrogens with one attached hydrogen (secondary N) is 1. The highest BCUT2D eigenvalue weighted by molar-refractivity contribution is 8.00. The quantitative estimate of drug-likeness (QED) is 0.219. The summed E-state index contributed by atoms with van der Waals surface area (Å²) in [5, 5.41) is 12.9. The molecule has 1 aromatic rings. The van der Waals surface area contributed by atoms with Gasteiger partial charge in [0.05, 0.1) is 4.92 Å². The first kappa shape index (κ1) is 20.9. The molecule has 2 aliphatic heterocycles. The summed E-state index contributed by atoms with van der Waals surface area (Å²) in [7, 11) is 1.47. The molecule has 2 amide bonds. The highest BCUT2D eigenvalue weighted by Gasteiger charge is 2.54. The van der Waals surface area contributed by atoms with Crippen LogP contribution in [0.1, 0.15) is 18.4 Å². The number of ether oxygens (including phenoxy) is 2. The lowest BCUT2D eigenvalue weighted by Crippen LogP contribution is -2.55. The summed E-state index contributed by atoms with van der Waals surface area (Å²) in [5.41, 5.74) is 0.580. The number of fused-ring (bicyclic) bond motifs is 1. The molecule has 0 radical (unpaired) electrons. The second-order valence-corrected chi connectivity index (χ2v) is 8.01. The Morgan fingerprint density at radius 3 is 2.66 bits per heavy atom. The minimum absolute atomic E-state index is 0.0306. The van der Waals surface area contributed by atoms with Gasteiger partial charge in [-0.05, 0) is 24.1 Å². The number of hydrogen-bond acceptors (Lipinski definition) is 8. The van der Waals surface area contributed by atoms with Crippen molar-refractivity contribution in [3.63, 3.8) is 0 Å². The van der Waals surface area contributed by atoms with Gasteiger partial charge >= 0.3 is 12.1 Å². The zero-order valence-electron chi connectivity index (χ0n) is 15.7. The summed E-state index contributed by atoms with van der Waals surface area (Å²) < 4.78 is 10.3. The van der Waals surface area contributed by atoms with Gasteiger partial charge in [-0.2, -0.15) is 11.8 Å². The Morgan fingerprint density at radius 1 is 1.31 bits per heavy atom. The minimum Gasteiger partial charge on any atom is -0.459 e. The number of esters is 1. The third-order valence-electron chi connectivity index (χ3n) is 4.87. The van der Waals surface area contributed by atoms with Gasteiger partial charge in [-0.15, -0.1) is 0 Å². The lowest BCUT2D eigenvalue weighted by Gasteiger charge is -2.37. The third-order valence-corrected chi connectivity index (χ3v) is 6.15. The van der Waals surface area contributed by atoms with Crippen LogP contribution in [-0.4, -0.2) is 64.5 Å². The molecule has 2 aliphatic rings. The molecule has 3 rings (SSSR count). The van der Waals surface area contributed by atoms with E-state index in [1.165, 1.54) is 43.1 Å². The molecule has 1 aromatic carbocycles. The largest absolute Gasteiger partial charge is 0.459 e. The van der Waals surface area contributed by atoms with Gasteiger partial charge in [0.2, 0.25) is 5.91 Å². The van der Waals surface area contributed by atoms with Crippen LogP contribution in [0.4, 0.5) is 10.5 Å². The number of β-lactam (4-membered cyclic amide) rings is 1. The van der Waals surface area contributed by atoms with Crippen molar-refractivity contribution in [2.45, 2.75) is 36.8 Å². The first-order valence-electron chi connectivity index (χ1n) is 9.08. The number of nitro groups is 1. The fourth-order valence-electron chi connectivity index (χ4n) is 3.44. The summed E-state index contributed by atoms with van der Waals surface area (Å²) in [6.07, 6.45) is 0.598. The number of nitro benzene ring substituents is 1. The van der Waals surface area contributed by atoms with E-state index in [4.69, 9.17) is 9.47 Å². The molecule has 156 valence electrons. The molecule has 2 fully saturated rings. The number of rotatable bonds is 8. The molecule has 11 heteroatoms. The van der Waals surface area contributed by atoms with Crippen LogP contribution < -0.4 is 5.32 Å². The fraction of sp³-hybridized carbons (Fsp3) is 0.500. The normalized spacial score (nSPS) is 22.4. The summed E-state index contributed by atoms with van der Waals surface area (Å²) in [6.45, 7) is 0.168. The zero-order valence-corrected chi connectivity index (χ0v) is 16.6. The molecule has 0 saturated carbocycles. The van der Waals surface area contributed by atoms with Crippen molar-refractivity contribution in [2.75, 3.05) is 19.4 Å². The molecular weight excluding hydrogens is 402 g/mol. The Morgan fingerprint density at radius 2 is 2.03 bits per heavy atom. The SMILES string of the molecule is CNC(=O)OCCS[C@@H]1CC2CC(=O)N2[C@H]1C(=O)OCc1ccc([N+](=O)[O-])cc1. The Hall–Kier alpha value is -2.82. The highest BCUT2D eigenvalue weighted by atomic mass is 32.2. The maximum atomic E-state index is 12.7. The average molecular weight is 423 g/mol. The van der Waals surface area contributed by atoms with Crippen molar-refractivity contribution in [1.82, 2.24) is 10.2 Å². The first-order chi connectivity index (χ1) is 13.9.